The van der Waals surface area contributed by atoms with Gasteiger partial charge in [-0.05, 0) is 82.9 Å². The Hall–Kier alpha value is -6.45. The average Bonchev–Trinajstić information content (AvgIpc) is 3.64. The molecule has 9 aromatic rings. The Kier molecular flexibility index (Phi) is 5.46. The maximum Gasteiger partial charge on any atom is 0.223 e. The van der Waals surface area contributed by atoms with E-state index in [1.165, 1.54) is 0 Å². The number of hydrogen-bond donors (Lipinski definition) is 0. The van der Waals surface area contributed by atoms with Gasteiger partial charge in [-0.25, -0.2) is 14.5 Å². The van der Waals surface area contributed by atoms with Crippen LogP contribution in [-0.4, -0.2) is 23.3 Å². The van der Waals surface area contributed by atoms with Gasteiger partial charge >= 0.3 is 0 Å². The molecule has 0 saturated carbocycles. The molecule has 0 amide bonds. The first-order valence-corrected chi connectivity index (χ1v) is 14.8. The molecule has 0 spiro atoms. The monoisotopic (exact) mass is 576 g/mol. The molecule has 0 atom stereocenters. The summed E-state index contributed by atoms with van der Waals surface area (Å²) >= 11 is 0. The van der Waals surface area contributed by atoms with Crippen molar-refractivity contribution in [2.24, 2.45) is 0 Å². The zero-order valence-corrected chi connectivity index (χ0v) is 24.0. The van der Waals surface area contributed by atoms with Crippen LogP contribution in [0.3, 0.4) is 0 Å². The summed E-state index contributed by atoms with van der Waals surface area (Å²) in [4.78, 5) is 10.4. The molecule has 0 N–H and O–H groups in total. The van der Waals surface area contributed by atoms with E-state index in [-0.39, 0.29) is 0 Å². The number of nitriles is 1. The summed E-state index contributed by atoms with van der Waals surface area (Å²) in [6.45, 7) is 0. The molecule has 0 aliphatic rings. The van der Waals surface area contributed by atoms with Crippen molar-refractivity contribution >= 4 is 44.7 Å². The molecule has 0 aliphatic carbocycles. The number of hydrogen-bond acceptors (Lipinski definition) is 3. The minimum absolute atomic E-state index is 0.658. The lowest BCUT2D eigenvalue weighted by atomic mass is 9.99. The lowest BCUT2D eigenvalue weighted by Gasteiger charge is -2.10. The van der Waals surface area contributed by atoms with Gasteiger partial charge in [-0.3, -0.25) is 8.80 Å². The molecule has 6 aromatic carbocycles. The Labute approximate surface area is 258 Å². The normalized spacial score (nSPS) is 11.5. The SMILES string of the molecule is N#Cc1ccc(-c2ccc(-c3cccc(-n4c5nc6ccccc6n5c5ccccc5n5c6ccccc6nc45)c3)cc2)cc1. The molecule has 6 nitrogen and oxygen atoms in total. The second-order valence-electron chi connectivity index (χ2n) is 11.1. The van der Waals surface area contributed by atoms with E-state index in [0.29, 0.717) is 5.56 Å². The van der Waals surface area contributed by atoms with Crippen LogP contribution in [0.2, 0.25) is 0 Å². The number of nitrogens with zero attached hydrogens (tertiary/aromatic N) is 6. The van der Waals surface area contributed by atoms with E-state index < -0.39 is 0 Å². The first-order chi connectivity index (χ1) is 22.3. The van der Waals surface area contributed by atoms with E-state index in [9.17, 15) is 0 Å². The van der Waals surface area contributed by atoms with Crippen LogP contribution in [0, 0.1) is 11.3 Å². The maximum absolute atomic E-state index is 9.16. The van der Waals surface area contributed by atoms with Crippen LogP contribution < -0.4 is 0 Å². The van der Waals surface area contributed by atoms with Gasteiger partial charge in [0.1, 0.15) is 0 Å². The predicted molar refractivity (Wildman–Crippen MR) is 180 cm³/mol. The van der Waals surface area contributed by atoms with Crippen LogP contribution in [0.5, 0.6) is 0 Å². The molecule has 6 heteroatoms. The summed E-state index contributed by atoms with van der Waals surface area (Å²) in [7, 11) is 0. The predicted octanol–water partition coefficient (Wildman–Crippen LogP) is 9.00. The molecule has 45 heavy (non-hydrogen) atoms. The van der Waals surface area contributed by atoms with Gasteiger partial charge in [0.2, 0.25) is 11.6 Å². The first-order valence-electron chi connectivity index (χ1n) is 14.8. The molecular formula is C39H24N6. The van der Waals surface area contributed by atoms with Crippen molar-refractivity contribution in [2.75, 3.05) is 0 Å². The van der Waals surface area contributed by atoms with Crippen LogP contribution in [-0.2, 0) is 0 Å². The van der Waals surface area contributed by atoms with Crippen molar-refractivity contribution in [3.8, 4) is 34.0 Å². The van der Waals surface area contributed by atoms with Crippen molar-refractivity contribution in [3.63, 3.8) is 0 Å². The molecule has 0 bridgehead atoms. The molecule has 0 saturated heterocycles. The molecule has 0 aliphatic heterocycles. The van der Waals surface area contributed by atoms with Gasteiger partial charge < -0.3 is 0 Å². The van der Waals surface area contributed by atoms with Gasteiger partial charge in [0.25, 0.3) is 0 Å². The molecule has 9 rings (SSSR count). The van der Waals surface area contributed by atoms with Crippen LogP contribution in [0.25, 0.3) is 72.6 Å². The highest BCUT2D eigenvalue weighted by Gasteiger charge is 2.18. The largest absolute Gasteiger partial charge is 0.276 e. The lowest BCUT2D eigenvalue weighted by molar-refractivity contribution is 1.03. The van der Waals surface area contributed by atoms with Crippen molar-refractivity contribution in [2.45, 2.75) is 0 Å². The maximum atomic E-state index is 9.16. The Morgan fingerprint density at radius 1 is 0.444 bits per heavy atom. The Bertz CT molecular complexity index is 2530. The minimum atomic E-state index is 0.658. The van der Waals surface area contributed by atoms with Crippen molar-refractivity contribution in [1.82, 2.24) is 23.3 Å². The van der Waals surface area contributed by atoms with Gasteiger partial charge in [0, 0.05) is 0 Å². The van der Waals surface area contributed by atoms with Gasteiger partial charge in [-0.2, -0.15) is 5.26 Å². The molecule has 0 unspecified atom stereocenters. The quantitative estimate of drug-likeness (QED) is 0.211. The second-order valence-corrected chi connectivity index (χ2v) is 11.1. The minimum Gasteiger partial charge on any atom is -0.276 e. The summed E-state index contributed by atoms with van der Waals surface area (Å²) < 4.78 is 6.66. The molecular weight excluding hydrogens is 552 g/mol. The van der Waals surface area contributed by atoms with Gasteiger partial charge in [0.15, 0.2) is 0 Å². The Balaban J connectivity index is 1.32. The average molecular weight is 577 g/mol. The van der Waals surface area contributed by atoms with E-state index in [1.54, 1.807) is 0 Å². The number of aromatic nitrogens is 5. The number of para-hydroxylation sites is 6. The zero-order chi connectivity index (χ0) is 29.9. The van der Waals surface area contributed by atoms with Crippen LogP contribution >= 0.6 is 0 Å². The summed E-state index contributed by atoms with van der Waals surface area (Å²) in [6, 6.07) is 52.0. The van der Waals surface area contributed by atoms with Crippen LogP contribution in [0.4, 0.5) is 0 Å². The highest BCUT2D eigenvalue weighted by atomic mass is 15.3. The topological polar surface area (TPSA) is 63.3 Å². The molecule has 3 heterocycles. The molecule has 0 radical (unpaired) electrons. The number of rotatable bonds is 3. The molecule has 3 aromatic heterocycles. The highest BCUT2D eigenvalue weighted by molar-refractivity contribution is 5.93. The number of imidazole rings is 2. The summed E-state index contributed by atoms with van der Waals surface area (Å²) in [5, 5.41) is 9.16. The standard InChI is InChI=1S/C39H24N6/c40-25-26-16-18-27(19-17-26)28-20-22-29(23-21-28)30-8-7-9-31(24-30)43-38-41-32-10-1-3-12-34(32)44(38)36-14-5-6-15-37(36)45-35-13-4-2-11-33(35)42-39(43)45/h1-24H. The fraction of sp³-hybridized carbons (Fsp3) is 0. The van der Waals surface area contributed by atoms with Crippen molar-refractivity contribution in [3.05, 3.63) is 151 Å². The number of benzene rings is 6. The first kappa shape index (κ1) is 25.1. The van der Waals surface area contributed by atoms with E-state index in [1.807, 2.05) is 36.4 Å². The van der Waals surface area contributed by atoms with E-state index >= 15 is 0 Å². The third kappa shape index (κ3) is 3.88. The summed E-state index contributed by atoms with van der Waals surface area (Å²) in [5.74, 6) is 1.57. The van der Waals surface area contributed by atoms with Gasteiger partial charge in [-0.15, -0.1) is 0 Å². The van der Waals surface area contributed by atoms with E-state index in [2.05, 4.69) is 129 Å². The summed E-state index contributed by atoms with van der Waals surface area (Å²) in [5.41, 5.74) is 12.0. The lowest BCUT2D eigenvalue weighted by Crippen LogP contribution is -2.02. The third-order valence-corrected chi connectivity index (χ3v) is 8.52. The van der Waals surface area contributed by atoms with Crippen LogP contribution in [0.15, 0.2) is 146 Å². The smallest absolute Gasteiger partial charge is 0.223 e. The van der Waals surface area contributed by atoms with E-state index in [0.717, 1.165) is 72.6 Å². The van der Waals surface area contributed by atoms with Crippen LogP contribution in [0.1, 0.15) is 5.56 Å². The molecule has 0 fully saturated rings. The van der Waals surface area contributed by atoms with Crippen molar-refractivity contribution < 1.29 is 0 Å². The fourth-order valence-electron chi connectivity index (χ4n) is 6.38. The van der Waals surface area contributed by atoms with Gasteiger partial charge in [-0.1, -0.05) is 84.9 Å². The Morgan fingerprint density at radius 2 is 0.911 bits per heavy atom. The zero-order valence-electron chi connectivity index (χ0n) is 24.0. The molecule has 210 valence electrons. The fourth-order valence-corrected chi connectivity index (χ4v) is 6.38. The highest BCUT2D eigenvalue weighted by Crippen LogP contribution is 2.31. The Morgan fingerprint density at radius 3 is 1.44 bits per heavy atom. The van der Waals surface area contributed by atoms with E-state index in [4.69, 9.17) is 15.2 Å². The van der Waals surface area contributed by atoms with Crippen molar-refractivity contribution in [1.29, 1.82) is 5.26 Å². The third-order valence-electron chi connectivity index (χ3n) is 8.52. The number of fused-ring (bicyclic) bond motifs is 9. The summed E-state index contributed by atoms with van der Waals surface area (Å²) in [6.07, 6.45) is 0. The van der Waals surface area contributed by atoms with Gasteiger partial charge in [0.05, 0.1) is 50.4 Å². The second kappa shape index (κ2) is 9.80.